The highest BCUT2D eigenvalue weighted by Crippen LogP contribution is 2.36. The molecule has 0 aliphatic carbocycles. The molecule has 0 unspecified atom stereocenters. The molecule has 1 aromatic heterocycles. The summed E-state index contributed by atoms with van der Waals surface area (Å²) in [6.45, 7) is 2.35. The molecule has 26 heavy (non-hydrogen) atoms. The first-order valence-corrected chi connectivity index (χ1v) is 8.03. The largest absolute Gasteiger partial charge is 0.417 e. The summed E-state index contributed by atoms with van der Waals surface area (Å²) in [6.07, 6.45) is -3.91. The van der Waals surface area contributed by atoms with Crippen LogP contribution in [-0.4, -0.2) is 23.3 Å². The number of aromatic nitrogens is 1. The van der Waals surface area contributed by atoms with E-state index >= 15 is 0 Å². The summed E-state index contributed by atoms with van der Waals surface area (Å²) >= 11 is 5.54. The molecule has 1 heterocycles. The molecule has 0 atom stereocenters. The monoisotopic (exact) mass is 385 g/mol. The lowest BCUT2D eigenvalue weighted by atomic mass is 10.2. The van der Waals surface area contributed by atoms with Gasteiger partial charge in [-0.2, -0.15) is 13.2 Å². The van der Waals surface area contributed by atoms with E-state index in [0.717, 1.165) is 18.6 Å². The van der Waals surface area contributed by atoms with Crippen LogP contribution in [0.4, 0.5) is 18.9 Å². The van der Waals surface area contributed by atoms with E-state index in [-0.39, 0.29) is 17.1 Å². The zero-order valence-electron chi connectivity index (χ0n) is 13.7. The maximum Gasteiger partial charge on any atom is 0.417 e. The van der Waals surface area contributed by atoms with Gasteiger partial charge in [-0.3, -0.25) is 9.59 Å². The molecule has 0 aliphatic rings. The second kappa shape index (κ2) is 8.18. The number of hydrogen-bond donors (Lipinski definition) is 2. The second-order valence-corrected chi connectivity index (χ2v) is 5.72. The lowest BCUT2D eigenvalue weighted by Gasteiger charge is -2.12. The zero-order valence-corrected chi connectivity index (χ0v) is 14.4. The molecule has 138 valence electrons. The molecule has 9 heteroatoms. The van der Waals surface area contributed by atoms with Crippen molar-refractivity contribution in [3.8, 4) is 0 Å². The quantitative estimate of drug-likeness (QED) is 0.812. The van der Waals surface area contributed by atoms with Crippen molar-refractivity contribution in [1.29, 1.82) is 0 Å². The lowest BCUT2D eigenvalue weighted by molar-refractivity contribution is -0.137. The van der Waals surface area contributed by atoms with Crippen molar-refractivity contribution in [2.45, 2.75) is 19.5 Å². The third-order valence-corrected chi connectivity index (χ3v) is 3.61. The number of anilines is 1. The van der Waals surface area contributed by atoms with Crippen molar-refractivity contribution in [2.75, 3.05) is 11.9 Å². The van der Waals surface area contributed by atoms with E-state index in [2.05, 4.69) is 15.6 Å². The summed E-state index contributed by atoms with van der Waals surface area (Å²) in [7, 11) is 0. The van der Waals surface area contributed by atoms with Crippen LogP contribution in [-0.2, 0) is 6.18 Å². The highest BCUT2D eigenvalue weighted by molar-refractivity contribution is 6.31. The van der Waals surface area contributed by atoms with Crippen LogP contribution < -0.4 is 10.6 Å². The molecule has 2 aromatic rings. The number of nitrogens with one attached hydrogen (secondary N) is 2. The van der Waals surface area contributed by atoms with Gasteiger partial charge >= 0.3 is 6.18 Å². The van der Waals surface area contributed by atoms with E-state index in [9.17, 15) is 22.8 Å². The topological polar surface area (TPSA) is 71.1 Å². The van der Waals surface area contributed by atoms with Crippen LogP contribution in [0, 0.1) is 0 Å². The van der Waals surface area contributed by atoms with Gasteiger partial charge in [0.1, 0.15) is 11.4 Å². The molecule has 0 saturated heterocycles. The molecule has 0 spiro atoms. The van der Waals surface area contributed by atoms with Gasteiger partial charge in [0.15, 0.2) is 0 Å². The van der Waals surface area contributed by atoms with E-state index < -0.39 is 28.6 Å². The van der Waals surface area contributed by atoms with Crippen LogP contribution in [0.15, 0.2) is 36.4 Å². The normalized spacial score (nSPS) is 11.1. The minimum atomic E-state index is -4.65. The fraction of sp³-hybridized carbons (Fsp3) is 0.235. The molecule has 0 fully saturated rings. The van der Waals surface area contributed by atoms with Crippen molar-refractivity contribution < 1.29 is 22.8 Å². The number of halogens is 4. The van der Waals surface area contributed by atoms with E-state index in [4.69, 9.17) is 11.6 Å². The Balaban J connectivity index is 2.19. The predicted octanol–water partition coefficient (Wildman–Crippen LogP) is 4.15. The lowest BCUT2D eigenvalue weighted by Crippen LogP contribution is -2.26. The Kier molecular flexibility index (Phi) is 6.20. The van der Waals surface area contributed by atoms with Gasteiger partial charge in [-0.1, -0.05) is 24.6 Å². The van der Waals surface area contributed by atoms with Gasteiger partial charge in [-0.15, -0.1) is 0 Å². The Hall–Kier alpha value is -2.61. The molecular weight excluding hydrogens is 371 g/mol. The number of amides is 2. The van der Waals surface area contributed by atoms with Gasteiger partial charge < -0.3 is 10.6 Å². The van der Waals surface area contributed by atoms with Crippen molar-refractivity contribution in [3.63, 3.8) is 0 Å². The zero-order chi connectivity index (χ0) is 19.3. The minimum Gasteiger partial charge on any atom is -0.351 e. The minimum absolute atomic E-state index is 0.0400. The average molecular weight is 386 g/mol. The summed E-state index contributed by atoms with van der Waals surface area (Å²) in [5, 5.41) is 4.47. The van der Waals surface area contributed by atoms with E-state index in [0.29, 0.717) is 6.54 Å². The van der Waals surface area contributed by atoms with Crippen LogP contribution in [0.2, 0.25) is 5.02 Å². The van der Waals surface area contributed by atoms with E-state index in [1.807, 2.05) is 6.92 Å². The highest BCUT2D eigenvalue weighted by Gasteiger charge is 2.33. The van der Waals surface area contributed by atoms with Crippen LogP contribution in [0.3, 0.4) is 0 Å². The van der Waals surface area contributed by atoms with Crippen LogP contribution in [0.1, 0.15) is 39.9 Å². The summed E-state index contributed by atoms with van der Waals surface area (Å²) in [5.74, 6) is -1.18. The SMILES string of the molecule is CCCNC(=O)c1cccc(C(=O)Nc2ccc(Cl)c(C(F)(F)F)c2)n1. The molecular formula is C17H15ClF3N3O2. The molecule has 5 nitrogen and oxygen atoms in total. The first-order chi connectivity index (χ1) is 12.2. The van der Waals surface area contributed by atoms with Crippen molar-refractivity contribution in [2.24, 2.45) is 0 Å². The number of hydrogen-bond acceptors (Lipinski definition) is 3. The van der Waals surface area contributed by atoms with Gasteiger partial charge in [0.05, 0.1) is 10.6 Å². The highest BCUT2D eigenvalue weighted by atomic mass is 35.5. The third kappa shape index (κ3) is 4.95. The molecule has 2 amide bonds. The number of carbonyl (C=O) groups excluding carboxylic acids is 2. The summed E-state index contributed by atoms with van der Waals surface area (Å²) in [6, 6.07) is 7.28. The van der Waals surface area contributed by atoms with Crippen LogP contribution >= 0.6 is 11.6 Å². The summed E-state index contributed by atoms with van der Waals surface area (Å²) in [4.78, 5) is 28.1. The predicted molar refractivity (Wildman–Crippen MR) is 91.3 cm³/mol. The Morgan fingerprint density at radius 2 is 1.77 bits per heavy atom. The van der Waals surface area contributed by atoms with Crippen molar-refractivity contribution >= 4 is 29.1 Å². The Morgan fingerprint density at radius 3 is 2.38 bits per heavy atom. The first-order valence-electron chi connectivity index (χ1n) is 7.65. The van der Waals surface area contributed by atoms with Gasteiger partial charge in [0.25, 0.3) is 11.8 Å². The number of alkyl halides is 3. The Morgan fingerprint density at radius 1 is 1.12 bits per heavy atom. The van der Waals surface area contributed by atoms with E-state index in [1.54, 1.807) is 0 Å². The van der Waals surface area contributed by atoms with Gasteiger partial charge in [0, 0.05) is 12.2 Å². The fourth-order valence-electron chi connectivity index (χ4n) is 2.03. The molecule has 0 aliphatic heterocycles. The average Bonchev–Trinajstić information content (AvgIpc) is 2.60. The number of rotatable bonds is 5. The maximum absolute atomic E-state index is 12.9. The summed E-state index contributed by atoms with van der Waals surface area (Å²) in [5.41, 5.74) is -1.21. The first kappa shape index (κ1) is 19.7. The molecule has 0 radical (unpaired) electrons. The molecule has 0 bridgehead atoms. The number of benzene rings is 1. The van der Waals surface area contributed by atoms with Crippen LogP contribution in [0.25, 0.3) is 0 Å². The van der Waals surface area contributed by atoms with Crippen LogP contribution in [0.5, 0.6) is 0 Å². The molecule has 1 aromatic carbocycles. The number of pyridine rings is 1. The number of carbonyl (C=O) groups is 2. The Labute approximate surface area is 152 Å². The van der Waals surface area contributed by atoms with Gasteiger partial charge in [0.2, 0.25) is 0 Å². The fourth-order valence-corrected chi connectivity index (χ4v) is 2.26. The summed E-state index contributed by atoms with van der Waals surface area (Å²) < 4.78 is 38.6. The van der Waals surface area contributed by atoms with Crippen molar-refractivity contribution in [3.05, 3.63) is 58.4 Å². The maximum atomic E-state index is 12.9. The van der Waals surface area contributed by atoms with Gasteiger partial charge in [-0.25, -0.2) is 4.98 Å². The number of nitrogens with zero attached hydrogens (tertiary/aromatic N) is 1. The second-order valence-electron chi connectivity index (χ2n) is 5.31. The molecule has 2 rings (SSSR count). The smallest absolute Gasteiger partial charge is 0.351 e. The standard InChI is InChI=1S/C17H15ClF3N3O2/c1-2-8-22-15(25)13-4-3-5-14(24-13)16(26)23-10-6-7-12(18)11(9-10)17(19,20)21/h3-7,9H,2,8H2,1H3,(H,22,25)(H,23,26). The molecule has 2 N–H and O–H groups in total. The Bertz CT molecular complexity index is 825. The van der Waals surface area contributed by atoms with E-state index in [1.165, 1.54) is 24.3 Å². The molecule has 0 saturated carbocycles. The third-order valence-electron chi connectivity index (χ3n) is 3.28. The van der Waals surface area contributed by atoms with Crippen molar-refractivity contribution in [1.82, 2.24) is 10.3 Å². The van der Waals surface area contributed by atoms with Gasteiger partial charge in [-0.05, 0) is 36.8 Å².